The molecule has 2 amide bonds. The van der Waals surface area contributed by atoms with Gasteiger partial charge in [-0.15, -0.1) is 0 Å². The lowest BCUT2D eigenvalue weighted by Gasteiger charge is -2.25. The van der Waals surface area contributed by atoms with Crippen LogP contribution in [0.25, 0.3) is 0 Å². The number of likely N-dealkylation sites (tertiary alicyclic amines) is 1. The molecule has 0 aliphatic carbocycles. The molecule has 6 nitrogen and oxygen atoms in total. The molecule has 3 fully saturated rings. The summed E-state index contributed by atoms with van der Waals surface area (Å²) in [6.45, 7) is 7.23. The van der Waals surface area contributed by atoms with Gasteiger partial charge in [0.2, 0.25) is 11.8 Å². The van der Waals surface area contributed by atoms with Crippen LogP contribution in [0.15, 0.2) is 0 Å². The monoisotopic (exact) mass is 323 g/mol. The average Bonchev–Trinajstić information content (AvgIpc) is 3.18. The van der Waals surface area contributed by atoms with Gasteiger partial charge in [-0.1, -0.05) is 0 Å². The van der Waals surface area contributed by atoms with Crippen molar-refractivity contribution >= 4 is 11.8 Å². The number of nitrogens with zero attached hydrogens (tertiary/aromatic N) is 1. The number of rotatable bonds is 5. The van der Waals surface area contributed by atoms with Crippen LogP contribution in [0.5, 0.6) is 0 Å². The second-order valence-corrected chi connectivity index (χ2v) is 7.44. The molecule has 0 saturated carbocycles. The van der Waals surface area contributed by atoms with Gasteiger partial charge in [-0.2, -0.15) is 0 Å². The van der Waals surface area contributed by atoms with Crippen LogP contribution in [0.1, 0.15) is 39.5 Å². The van der Waals surface area contributed by atoms with E-state index in [4.69, 9.17) is 4.74 Å². The maximum Gasteiger partial charge on any atom is 0.225 e. The Morgan fingerprint density at radius 1 is 1.26 bits per heavy atom. The van der Waals surface area contributed by atoms with E-state index in [1.165, 1.54) is 0 Å². The predicted molar refractivity (Wildman–Crippen MR) is 86.8 cm³/mol. The van der Waals surface area contributed by atoms with Crippen LogP contribution in [-0.2, 0) is 14.3 Å². The molecule has 3 aliphatic heterocycles. The van der Waals surface area contributed by atoms with Crippen molar-refractivity contribution in [1.29, 1.82) is 0 Å². The van der Waals surface area contributed by atoms with E-state index >= 15 is 0 Å². The van der Waals surface area contributed by atoms with Crippen LogP contribution < -0.4 is 10.6 Å². The molecule has 3 rings (SSSR count). The molecule has 6 heteroatoms. The highest BCUT2D eigenvalue weighted by atomic mass is 16.5. The Kier molecular flexibility index (Phi) is 5.21. The standard InChI is InChI=1S/C17H29N3O3/c1-11(2)19-15(21)7-12-9-18-13-10-23-14(17(12)13)8-16(22)20-5-3-4-6-20/h11-14,17-18H,3-10H2,1-2H3,(H,19,21)/t12-,13-,14+,17-/m1/s1. The number of amides is 2. The first-order valence-electron chi connectivity index (χ1n) is 8.96. The van der Waals surface area contributed by atoms with Crippen molar-refractivity contribution in [2.24, 2.45) is 11.8 Å². The van der Waals surface area contributed by atoms with E-state index in [9.17, 15) is 9.59 Å². The van der Waals surface area contributed by atoms with Crippen molar-refractivity contribution in [3.05, 3.63) is 0 Å². The quantitative estimate of drug-likeness (QED) is 0.774. The molecular formula is C17H29N3O3. The summed E-state index contributed by atoms with van der Waals surface area (Å²) in [5.41, 5.74) is 0. The Labute approximate surface area is 138 Å². The Bertz CT molecular complexity index is 448. The molecule has 0 bridgehead atoms. The summed E-state index contributed by atoms with van der Waals surface area (Å²) in [4.78, 5) is 26.4. The smallest absolute Gasteiger partial charge is 0.225 e. The molecule has 0 spiro atoms. The molecule has 4 atom stereocenters. The van der Waals surface area contributed by atoms with Crippen LogP contribution in [0.4, 0.5) is 0 Å². The van der Waals surface area contributed by atoms with Gasteiger partial charge < -0.3 is 20.3 Å². The van der Waals surface area contributed by atoms with Gasteiger partial charge in [0, 0.05) is 37.5 Å². The highest BCUT2D eigenvalue weighted by molar-refractivity contribution is 5.77. The number of carbonyl (C=O) groups is 2. The number of hydrogen-bond acceptors (Lipinski definition) is 4. The van der Waals surface area contributed by atoms with E-state index < -0.39 is 0 Å². The van der Waals surface area contributed by atoms with Crippen molar-refractivity contribution in [1.82, 2.24) is 15.5 Å². The predicted octanol–water partition coefficient (Wildman–Crippen LogP) is 0.517. The van der Waals surface area contributed by atoms with Gasteiger partial charge in [-0.05, 0) is 39.2 Å². The van der Waals surface area contributed by atoms with E-state index in [0.717, 1.165) is 32.5 Å². The molecule has 23 heavy (non-hydrogen) atoms. The van der Waals surface area contributed by atoms with Crippen molar-refractivity contribution in [3.8, 4) is 0 Å². The average molecular weight is 323 g/mol. The van der Waals surface area contributed by atoms with Gasteiger partial charge in [0.25, 0.3) is 0 Å². The van der Waals surface area contributed by atoms with Gasteiger partial charge in [0.15, 0.2) is 0 Å². The lowest BCUT2D eigenvalue weighted by atomic mass is 9.84. The number of carbonyl (C=O) groups excluding carboxylic acids is 2. The minimum Gasteiger partial charge on any atom is -0.376 e. The first-order valence-corrected chi connectivity index (χ1v) is 8.96. The zero-order valence-corrected chi connectivity index (χ0v) is 14.2. The van der Waals surface area contributed by atoms with E-state index in [1.54, 1.807) is 0 Å². The molecule has 0 aromatic heterocycles. The van der Waals surface area contributed by atoms with Crippen LogP contribution in [0.3, 0.4) is 0 Å². The van der Waals surface area contributed by atoms with Gasteiger partial charge in [0.1, 0.15) is 0 Å². The third-order valence-electron chi connectivity index (χ3n) is 5.30. The second-order valence-electron chi connectivity index (χ2n) is 7.44. The third-order valence-corrected chi connectivity index (χ3v) is 5.30. The Morgan fingerprint density at radius 2 is 2.00 bits per heavy atom. The molecule has 0 radical (unpaired) electrons. The van der Waals surface area contributed by atoms with E-state index in [0.29, 0.717) is 25.5 Å². The summed E-state index contributed by atoms with van der Waals surface area (Å²) in [6, 6.07) is 0.461. The molecule has 0 aromatic rings. The molecule has 3 aliphatic rings. The first-order chi connectivity index (χ1) is 11.0. The summed E-state index contributed by atoms with van der Waals surface area (Å²) in [5.74, 6) is 0.853. The topological polar surface area (TPSA) is 70.7 Å². The minimum atomic E-state index is -0.0417. The third kappa shape index (κ3) is 3.86. The Hall–Kier alpha value is -1.14. The fourth-order valence-electron chi connectivity index (χ4n) is 4.26. The molecule has 3 heterocycles. The van der Waals surface area contributed by atoms with Crippen molar-refractivity contribution in [2.45, 2.75) is 57.7 Å². The van der Waals surface area contributed by atoms with Gasteiger partial charge in [0.05, 0.1) is 19.1 Å². The van der Waals surface area contributed by atoms with E-state index in [1.807, 2.05) is 18.7 Å². The highest BCUT2D eigenvalue weighted by Gasteiger charge is 2.47. The zero-order valence-electron chi connectivity index (χ0n) is 14.2. The van der Waals surface area contributed by atoms with Crippen molar-refractivity contribution in [3.63, 3.8) is 0 Å². The summed E-state index contributed by atoms with van der Waals surface area (Å²) in [7, 11) is 0. The van der Waals surface area contributed by atoms with Gasteiger partial charge in [-0.25, -0.2) is 0 Å². The number of hydrogen-bond donors (Lipinski definition) is 2. The van der Waals surface area contributed by atoms with Crippen molar-refractivity contribution < 1.29 is 14.3 Å². The summed E-state index contributed by atoms with van der Waals surface area (Å²) in [6.07, 6.45) is 3.17. The van der Waals surface area contributed by atoms with E-state index in [-0.39, 0.29) is 35.8 Å². The normalized spacial score (nSPS) is 33.3. The Morgan fingerprint density at radius 3 is 2.70 bits per heavy atom. The minimum absolute atomic E-state index is 0.0417. The fourth-order valence-corrected chi connectivity index (χ4v) is 4.26. The summed E-state index contributed by atoms with van der Waals surface area (Å²) in [5, 5.41) is 6.44. The molecule has 0 aromatic carbocycles. The summed E-state index contributed by atoms with van der Waals surface area (Å²) >= 11 is 0. The lowest BCUT2D eigenvalue weighted by Crippen LogP contribution is -2.37. The number of nitrogens with one attached hydrogen (secondary N) is 2. The van der Waals surface area contributed by atoms with Crippen LogP contribution in [0, 0.1) is 11.8 Å². The zero-order chi connectivity index (χ0) is 16.4. The number of ether oxygens (including phenoxy) is 1. The van der Waals surface area contributed by atoms with Crippen LogP contribution in [-0.4, -0.2) is 61.1 Å². The molecular weight excluding hydrogens is 294 g/mol. The van der Waals surface area contributed by atoms with Crippen molar-refractivity contribution in [2.75, 3.05) is 26.2 Å². The largest absolute Gasteiger partial charge is 0.376 e. The molecule has 2 N–H and O–H groups in total. The second kappa shape index (κ2) is 7.18. The van der Waals surface area contributed by atoms with Crippen LogP contribution >= 0.6 is 0 Å². The Balaban J connectivity index is 1.57. The molecule has 3 saturated heterocycles. The van der Waals surface area contributed by atoms with E-state index in [2.05, 4.69) is 10.6 Å². The highest BCUT2D eigenvalue weighted by Crippen LogP contribution is 2.37. The van der Waals surface area contributed by atoms with Crippen LogP contribution in [0.2, 0.25) is 0 Å². The maximum absolute atomic E-state index is 12.4. The molecule has 0 unspecified atom stereocenters. The fraction of sp³-hybridized carbons (Fsp3) is 0.882. The molecule has 130 valence electrons. The number of fused-ring (bicyclic) bond motifs is 1. The first kappa shape index (κ1) is 16.7. The maximum atomic E-state index is 12.4. The van der Waals surface area contributed by atoms with Gasteiger partial charge >= 0.3 is 0 Å². The summed E-state index contributed by atoms with van der Waals surface area (Å²) < 4.78 is 5.90. The SMILES string of the molecule is CC(C)NC(=O)C[C@@H]1CN[C@@H]2CO[C@@H](CC(=O)N3CCCC3)[C@H]12. The lowest BCUT2D eigenvalue weighted by molar-refractivity contribution is -0.133. The van der Waals surface area contributed by atoms with Gasteiger partial charge in [-0.3, -0.25) is 9.59 Å².